The number of piperidine rings is 1. The first kappa shape index (κ1) is 10.4. The first-order valence-electron chi connectivity index (χ1n) is 5.61. The topological polar surface area (TPSA) is 28.2 Å². The molecule has 1 aliphatic rings. The van der Waals surface area contributed by atoms with Crippen LogP contribution in [0.25, 0.3) is 0 Å². The molecule has 1 fully saturated rings. The third kappa shape index (κ3) is 2.48. The van der Waals surface area contributed by atoms with Gasteiger partial charge in [-0.05, 0) is 43.0 Å². The van der Waals surface area contributed by atoms with Gasteiger partial charge in [-0.1, -0.05) is 0 Å². The summed E-state index contributed by atoms with van der Waals surface area (Å²) in [5, 5.41) is 3.45. The third-order valence-electron chi connectivity index (χ3n) is 3.00. The van der Waals surface area contributed by atoms with Crippen LogP contribution in [-0.4, -0.2) is 32.2 Å². The molecule has 1 aromatic rings. The summed E-state index contributed by atoms with van der Waals surface area (Å²) in [5.74, 6) is 1.72. The average molecular weight is 205 g/mol. The van der Waals surface area contributed by atoms with Crippen molar-refractivity contribution in [3.8, 4) is 0 Å². The molecule has 0 bridgehead atoms. The lowest BCUT2D eigenvalue weighted by atomic mass is 9.92. The first-order chi connectivity index (χ1) is 7.27. The Labute approximate surface area is 91.5 Å². The van der Waals surface area contributed by atoms with E-state index in [9.17, 15) is 0 Å². The lowest BCUT2D eigenvalue weighted by Gasteiger charge is -2.24. The Balaban J connectivity index is 2.16. The molecule has 82 valence electrons. The van der Waals surface area contributed by atoms with Gasteiger partial charge in [-0.2, -0.15) is 0 Å². The molecule has 1 saturated heterocycles. The van der Waals surface area contributed by atoms with Crippen molar-refractivity contribution in [3.05, 3.63) is 23.9 Å². The lowest BCUT2D eigenvalue weighted by molar-refractivity contribution is 0.461. The van der Waals surface area contributed by atoms with Crippen molar-refractivity contribution in [2.24, 2.45) is 0 Å². The largest absolute Gasteiger partial charge is 0.363 e. The number of aromatic nitrogens is 1. The lowest BCUT2D eigenvalue weighted by Crippen LogP contribution is -2.28. The molecule has 0 radical (unpaired) electrons. The number of nitrogens with zero attached hydrogens (tertiary/aromatic N) is 2. The number of anilines is 1. The molecule has 2 heterocycles. The quantitative estimate of drug-likeness (QED) is 0.795. The SMILES string of the molecule is CN(C)c1cc([C@@H]2CCCNC2)ccn1. The minimum atomic E-state index is 0.667. The highest BCUT2D eigenvalue weighted by Gasteiger charge is 2.15. The van der Waals surface area contributed by atoms with Crippen LogP contribution in [0.15, 0.2) is 18.3 Å². The number of pyridine rings is 1. The highest BCUT2D eigenvalue weighted by atomic mass is 15.1. The maximum Gasteiger partial charge on any atom is 0.128 e. The van der Waals surface area contributed by atoms with Crippen LogP contribution < -0.4 is 10.2 Å². The van der Waals surface area contributed by atoms with E-state index in [0.717, 1.165) is 12.4 Å². The van der Waals surface area contributed by atoms with E-state index < -0.39 is 0 Å². The summed E-state index contributed by atoms with van der Waals surface area (Å²) < 4.78 is 0. The highest BCUT2D eigenvalue weighted by Crippen LogP contribution is 2.24. The van der Waals surface area contributed by atoms with Crippen molar-refractivity contribution in [2.75, 3.05) is 32.1 Å². The monoisotopic (exact) mass is 205 g/mol. The summed E-state index contributed by atoms with van der Waals surface area (Å²) >= 11 is 0. The molecule has 3 heteroatoms. The highest BCUT2D eigenvalue weighted by molar-refractivity contribution is 5.40. The average Bonchev–Trinajstić information content (AvgIpc) is 2.30. The summed E-state index contributed by atoms with van der Waals surface area (Å²) in [6, 6.07) is 4.35. The smallest absolute Gasteiger partial charge is 0.128 e. The number of hydrogen-bond donors (Lipinski definition) is 1. The molecule has 0 unspecified atom stereocenters. The Morgan fingerprint density at radius 1 is 1.47 bits per heavy atom. The van der Waals surface area contributed by atoms with E-state index in [1.54, 1.807) is 0 Å². The zero-order valence-corrected chi connectivity index (χ0v) is 9.53. The van der Waals surface area contributed by atoms with E-state index >= 15 is 0 Å². The van der Waals surface area contributed by atoms with Gasteiger partial charge in [0.2, 0.25) is 0 Å². The summed E-state index contributed by atoms with van der Waals surface area (Å²) in [5.41, 5.74) is 1.42. The Morgan fingerprint density at radius 3 is 3.00 bits per heavy atom. The van der Waals surface area contributed by atoms with Gasteiger partial charge in [-0.25, -0.2) is 4.98 Å². The zero-order valence-electron chi connectivity index (χ0n) is 9.53. The van der Waals surface area contributed by atoms with Crippen molar-refractivity contribution in [1.29, 1.82) is 0 Å². The van der Waals surface area contributed by atoms with E-state index in [2.05, 4.69) is 27.3 Å². The maximum absolute atomic E-state index is 4.34. The summed E-state index contributed by atoms with van der Waals surface area (Å²) in [6.45, 7) is 2.28. The van der Waals surface area contributed by atoms with Crippen molar-refractivity contribution < 1.29 is 0 Å². The molecule has 0 aliphatic carbocycles. The van der Waals surface area contributed by atoms with Gasteiger partial charge in [-0.15, -0.1) is 0 Å². The molecule has 15 heavy (non-hydrogen) atoms. The van der Waals surface area contributed by atoms with Crippen molar-refractivity contribution in [1.82, 2.24) is 10.3 Å². The van der Waals surface area contributed by atoms with Gasteiger partial charge >= 0.3 is 0 Å². The second kappa shape index (κ2) is 4.62. The second-order valence-corrected chi connectivity index (χ2v) is 4.39. The van der Waals surface area contributed by atoms with Crippen LogP contribution in [0.5, 0.6) is 0 Å². The molecule has 0 saturated carbocycles. The second-order valence-electron chi connectivity index (χ2n) is 4.39. The first-order valence-corrected chi connectivity index (χ1v) is 5.61. The van der Waals surface area contributed by atoms with Gasteiger partial charge in [0.15, 0.2) is 0 Å². The summed E-state index contributed by atoms with van der Waals surface area (Å²) in [6.07, 6.45) is 4.49. The predicted octanol–water partition coefficient (Wildman–Crippen LogP) is 1.61. The Morgan fingerprint density at radius 2 is 2.33 bits per heavy atom. The fourth-order valence-electron chi connectivity index (χ4n) is 2.07. The van der Waals surface area contributed by atoms with Gasteiger partial charge in [0.25, 0.3) is 0 Å². The predicted molar refractivity (Wildman–Crippen MR) is 63.4 cm³/mol. The number of hydrogen-bond acceptors (Lipinski definition) is 3. The molecule has 1 aliphatic heterocycles. The Kier molecular flexibility index (Phi) is 3.21. The molecular weight excluding hydrogens is 186 g/mol. The summed E-state index contributed by atoms with van der Waals surface area (Å²) in [7, 11) is 4.07. The minimum Gasteiger partial charge on any atom is -0.363 e. The molecular formula is C12H19N3. The van der Waals surface area contributed by atoms with E-state index in [-0.39, 0.29) is 0 Å². The van der Waals surface area contributed by atoms with Crippen LogP contribution >= 0.6 is 0 Å². The van der Waals surface area contributed by atoms with Crippen LogP contribution in [0.1, 0.15) is 24.3 Å². The van der Waals surface area contributed by atoms with Crippen LogP contribution in [0, 0.1) is 0 Å². The third-order valence-corrected chi connectivity index (χ3v) is 3.00. The number of rotatable bonds is 2. The molecule has 2 rings (SSSR count). The molecule has 0 amide bonds. The summed E-state index contributed by atoms with van der Waals surface area (Å²) in [4.78, 5) is 6.39. The van der Waals surface area contributed by atoms with Gasteiger partial charge in [-0.3, -0.25) is 0 Å². The van der Waals surface area contributed by atoms with E-state index in [1.165, 1.54) is 24.9 Å². The van der Waals surface area contributed by atoms with E-state index in [4.69, 9.17) is 0 Å². The van der Waals surface area contributed by atoms with Gasteiger partial charge in [0.05, 0.1) is 0 Å². The molecule has 1 atom stereocenters. The molecule has 0 spiro atoms. The fourth-order valence-corrected chi connectivity index (χ4v) is 2.07. The fraction of sp³-hybridized carbons (Fsp3) is 0.583. The van der Waals surface area contributed by atoms with Gasteiger partial charge in [0, 0.05) is 26.8 Å². The minimum absolute atomic E-state index is 0.667. The van der Waals surface area contributed by atoms with Crippen molar-refractivity contribution >= 4 is 5.82 Å². The van der Waals surface area contributed by atoms with E-state index in [0.29, 0.717) is 5.92 Å². The van der Waals surface area contributed by atoms with Crippen LogP contribution in [0.3, 0.4) is 0 Å². The normalized spacial score (nSPS) is 21.3. The molecule has 1 N–H and O–H groups in total. The zero-order chi connectivity index (χ0) is 10.7. The van der Waals surface area contributed by atoms with Crippen LogP contribution in [-0.2, 0) is 0 Å². The molecule has 0 aromatic carbocycles. The van der Waals surface area contributed by atoms with Crippen molar-refractivity contribution in [2.45, 2.75) is 18.8 Å². The standard InChI is InChI=1S/C12H19N3/c1-15(2)12-8-10(5-7-14-12)11-4-3-6-13-9-11/h5,7-8,11,13H,3-4,6,9H2,1-2H3/t11-/m1/s1. The van der Waals surface area contributed by atoms with Gasteiger partial charge < -0.3 is 10.2 Å². The molecule has 3 nitrogen and oxygen atoms in total. The molecule has 1 aromatic heterocycles. The van der Waals surface area contributed by atoms with Gasteiger partial charge in [0.1, 0.15) is 5.82 Å². The number of nitrogens with one attached hydrogen (secondary N) is 1. The Bertz CT molecular complexity index is 316. The van der Waals surface area contributed by atoms with Crippen molar-refractivity contribution in [3.63, 3.8) is 0 Å². The Hall–Kier alpha value is -1.09. The van der Waals surface area contributed by atoms with E-state index in [1.807, 2.05) is 20.3 Å². The van der Waals surface area contributed by atoms with Crippen LogP contribution in [0.2, 0.25) is 0 Å². The maximum atomic E-state index is 4.34. The van der Waals surface area contributed by atoms with Crippen LogP contribution in [0.4, 0.5) is 5.82 Å².